The predicted molar refractivity (Wildman–Crippen MR) is 68.3 cm³/mol. The van der Waals surface area contributed by atoms with Crippen LogP contribution in [-0.4, -0.2) is 12.0 Å². The van der Waals surface area contributed by atoms with E-state index in [4.69, 9.17) is 11.6 Å². The third-order valence-electron chi connectivity index (χ3n) is 2.54. The van der Waals surface area contributed by atoms with Crippen molar-refractivity contribution >= 4 is 23.1 Å². The number of nitrogens with zero attached hydrogens (tertiary/aromatic N) is 2. The van der Waals surface area contributed by atoms with Crippen LogP contribution in [0.4, 0.5) is 15.9 Å². The summed E-state index contributed by atoms with van der Waals surface area (Å²) in [5.74, 6) is 0.746. The first kappa shape index (κ1) is 11.9. The molecule has 0 aliphatic rings. The van der Waals surface area contributed by atoms with Gasteiger partial charge in [0.1, 0.15) is 11.6 Å². The molecule has 2 nitrogen and oxygen atoms in total. The van der Waals surface area contributed by atoms with E-state index in [2.05, 4.69) is 4.98 Å². The van der Waals surface area contributed by atoms with Crippen molar-refractivity contribution in [1.82, 2.24) is 4.98 Å². The molecular weight excluding hydrogens is 239 g/mol. The molecule has 88 valence electrons. The van der Waals surface area contributed by atoms with Gasteiger partial charge in [-0.3, -0.25) is 0 Å². The average Bonchev–Trinajstić information content (AvgIpc) is 2.38. The van der Waals surface area contributed by atoms with Crippen LogP contribution in [0.2, 0.25) is 0 Å². The Labute approximate surface area is 105 Å². The van der Waals surface area contributed by atoms with E-state index in [9.17, 15) is 4.39 Å². The molecule has 0 bridgehead atoms. The molecule has 1 aromatic heterocycles. The Hall–Kier alpha value is -1.61. The Bertz CT molecular complexity index is 516. The number of alkyl halides is 1. The minimum Gasteiger partial charge on any atom is -0.327 e. The molecule has 17 heavy (non-hydrogen) atoms. The third kappa shape index (κ3) is 2.39. The summed E-state index contributed by atoms with van der Waals surface area (Å²) in [5.41, 5.74) is 1.36. The number of pyridine rings is 1. The fourth-order valence-corrected chi connectivity index (χ4v) is 1.88. The number of rotatable bonds is 3. The first-order valence-electron chi connectivity index (χ1n) is 5.22. The number of benzene rings is 1. The largest absolute Gasteiger partial charge is 0.327 e. The zero-order chi connectivity index (χ0) is 12.3. The standard InChI is InChI=1S/C13H12ClFN2/c1-17(12-7-3-2-6-11(12)15)13-10(9-14)5-4-8-16-13/h2-8H,9H2,1H3. The lowest BCUT2D eigenvalue weighted by atomic mass is 10.2. The van der Waals surface area contributed by atoms with Gasteiger partial charge >= 0.3 is 0 Å². The summed E-state index contributed by atoms with van der Waals surface area (Å²) in [4.78, 5) is 5.94. The number of aromatic nitrogens is 1. The van der Waals surface area contributed by atoms with Crippen molar-refractivity contribution in [3.05, 3.63) is 54.0 Å². The Morgan fingerprint density at radius 1 is 1.24 bits per heavy atom. The molecule has 1 aromatic carbocycles. The lowest BCUT2D eigenvalue weighted by Crippen LogP contribution is -2.14. The molecule has 2 rings (SSSR count). The van der Waals surface area contributed by atoms with Gasteiger partial charge in [0.25, 0.3) is 0 Å². The van der Waals surface area contributed by atoms with Crippen LogP contribution in [0.25, 0.3) is 0 Å². The highest BCUT2D eigenvalue weighted by atomic mass is 35.5. The molecule has 0 radical (unpaired) electrons. The van der Waals surface area contributed by atoms with Gasteiger partial charge in [0, 0.05) is 18.8 Å². The van der Waals surface area contributed by atoms with Crippen molar-refractivity contribution < 1.29 is 4.39 Å². The molecule has 2 aromatic rings. The first-order valence-corrected chi connectivity index (χ1v) is 5.75. The van der Waals surface area contributed by atoms with Crippen LogP contribution in [0, 0.1) is 5.82 Å². The highest BCUT2D eigenvalue weighted by Gasteiger charge is 2.12. The molecule has 0 unspecified atom stereocenters. The van der Waals surface area contributed by atoms with E-state index >= 15 is 0 Å². The molecule has 0 aliphatic heterocycles. The van der Waals surface area contributed by atoms with E-state index in [1.165, 1.54) is 6.07 Å². The van der Waals surface area contributed by atoms with Crippen molar-refractivity contribution in [3.63, 3.8) is 0 Å². The van der Waals surface area contributed by atoms with Crippen molar-refractivity contribution in [2.75, 3.05) is 11.9 Å². The van der Waals surface area contributed by atoms with Crippen LogP contribution < -0.4 is 4.90 Å². The number of halogens is 2. The molecule has 0 N–H and O–H groups in total. The normalized spacial score (nSPS) is 10.3. The van der Waals surface area contributed by atoms with Gasteiger partial charge in [-0.1, -0.05) is 18.2 Å². The molecular formula is C13H12ClFN2. The van der Waals surface area contributed by atoms with Crippen molar-refractivity contribution in [2.24, 2.45) is 0 Å². The second-order valence-corrected chi connectivity index (χ2v) is 3.90. The van der Waals surface area contributed by atoms with E-state index in [0.29, 0.717) is 17.4 Å². The van der Waals surface area contributed by atoms with Gasteiger partial charge in [-0.2, -0.15) is 0 Å². The third-order valence-corrected chi connectivity index (χ3v) is 2.83. The summed E-state index contributed by atoms with van der Waals surface area (Å²) < 4.78 is 13.7. The Balaban J connectivity index is 2.44. The van der Waals surface area contributed by atoms with Crippen molar-refractivity contribution in [2.45, 2.75) is 5.88 Å². The van der Waals surface area contributed by atoms with Crippen LogP contribution in [-0.2, 0) is 5.88 Å². The Kier molecular flexibility index (Phi) is 3.59. The lowest BCUT2D eigenvalue weighted by molar-refractivity contribution is 0.627. The molecule has 0 atom stereocenters. The van der Waals surface area contributed by atoms with E-state index in [1.807, 2.05) is 12.1 Å². The number of para-hydroxylation sites is 1. The number of anilines is 2. The van der Waals surface area contributed by atoms with Gasteiger partial charge < -0.3 is 4.90 Å². The lowest BCUT2D eigenvalue weighted by Gasteiger charge is -2.20. The van der Waals surface area contributed by atoms with Crippen LogP contribution in [0.15, 0.2) is 42.6 Å². The van der Waals surface area contributed by atoms with Crippen LogP contribution in [0.3, 0.4) is 0 Å². The molecule has 4 heteroatoms. The van der Waals surface area contributed by atoms with E-state index in [0.717, 1.165) is 5.56 Å². The maximum Gasteiger partial charge on any atom is 0.146 e. The number of hydrogen-bond acceptors (Lipinski definition) is 2. The second-order valence-electron chi connectivity index (χ2n) is 3.63. The zero-order valence-corrected chi connectivity index (χ0v) is 10.2. The van der Waals surface area contributed by atoms with Gasteiger partial charge in [0.2, 0.25) is 0 Å². The van der Waals surface area contributed by atoms with E-state index < -0.39 is 0 Å². The summed E-state index contributed by atoms with van der Waals surface area (Å²) >= 11 is 5.84. The van der Waals surface area contributed by atoms with Gasteiger partial charge in [-0.25, -0.2) is 9.37 Å². The molecule has 0 amide bonds. The first-order chi connectivity index (χ1) is 8.24. The van der Waals surface area contributed by atoms with E-state index in [-0.39, 0.29) is 5.82 Å². The summed E-state index contributed by atoms with van der Waals surface area (Å²) in [7, 11) is 1.77. The van der Waals surface area contributed by atoms with Crippen LogP contribution >= 0.6 is 11.6 Å². The molecule has 0 spiro atoms. The highest BCUT2D eigenvalue weighted by molar-refractivity contribution is 6.17. The van der Waals surface area contributed by atoms with Crippen molar-refractivity contribution in [1.29, 1.82) is 0 Å². The summed E-state index contributed by atoms with van der Waals surface area (Å²) in [6, 6.07) is 10.3. The molecule has 0 fully saturated rings. The van der Waals surface area contributed by atoms with Crippen LogP contribution in [0.5, 0.6) is 0 Å². The van der Waals surface area contributed by atoms with Gasteiger partial charge in [0.05, 0.1) is 11.6 Å². The minimum atomic E-state index is -0.277. The van der Waals surface area contributed by atoms with E-state index in [1.54, 1.807) is 36.3 Å². The second kappa shape index (κ2) is 5.15. The fraction of sp³-hybridized carbons (Fsp3) is 0.154. The van der Waals surface area contributed by atoms with Crippen LogP contribution in [0.1, 0.15) is 5.56 Å². The summed E-state index contributed by atoms with van der Waals surface area (Å²) in [6.45, 7) is 0. The molecule has 0 saturated carbocycles. The molecule has 0 saturated heterocycles. The maximum atomic E-state index is 13.7. The predicted octanol–water partition coefficient (Wildman–Crippen LogP) is 3.73. The summed E-state index contributed by atoms with van der Waals surface area (Å²) in [5, 5.41) is 0. The highest BCUT2D eigenvalue weighted by Crippen LogP contribution is 2.27. The molecule has 0 aliphatic carbocycles. The Morgan fingerprint density at radius 3 is 2.71 bits per heavy atom. The smallest absolute Gasteiger partial charge is 0.146 e. The maximum absolute atomic E-state index is 13.7. The Morgan fingerprint density at radius 2 is 2.00 bits per heavy atom. The SMILES string of the molecule is CN(c1ccccc1F)c1ncccc1CCl. The average molecular weight is 251 g/mol. The molecule has 1 heterocycles. The summed E-state index contributed by atoms with van der Waals surface area (Å²) in [6.07, 6.45) is 1.67. The van der Waals surface area contributed by atoms with Gasteiger partial charge in [-0.15, -0.1) is 11.6 Å². The van der Waals surface area contributed by atoms with Gasteiger partial charge in [-0.05, 0) is 18.2 Å². The topological polar surface area (TPSA) is 16.1 Å². The van der Waals surface area contributed by atoms with Crippen molar-refractivity contribution in [3.8, 4) is 0 Å². The number of hydrogen-bond donors (Lipinski definition) is 0. The fourth-order valence-electron chi connectivity index (χ4n) is 1.67. The van der Waals surface area contributed by atoms with Gasteiger partial charge in [0.15, 0.2) is 0 Å². The monoisotopic (exact) mass is 250 g/mol. The minimum absolute atomic E-state index is 0.277. The zero-order valence-electron chi connectivity index (χ0n) is 9.40. The quantitative estimate of drug-likeness (QED) is 0.772.